The van der Waals surface area contributed by atoms with Gasteiger partial charge in [-0.3, -0.25) is 0 Å². The van der Waals surface area contributed by atoms with Crippen LogP contribution in [0.25, 0.3) is 0 Å². The predicted molar refractivity (Wildman–Crippen MR) is 70.6 cm³/mol. The third kappa shape index (κ3) is 2.29. The highest BCUT2D eigenvalue weighted by atomic mass is 19.2. The Morgan fingerprint density at radius 2 is 1.80 bits per heavy atom. The second kappa shape index (κ2) is 4.97. The van der Waals surface area contributed by atoms with Crippen LogP contribution in [0, 0.1) is 11.6 Å². The van der Waals surface area contributed by atoms with E-state index < -0.39 is 17.2 Å². The van der Waals surface area contributed by atoms with Gasteiger partial charge >= 0.3 is 0 Å². The number of piperidine rings is 2. The van der Waals surface area contributed by atoms with Crippen LogP contribution in [0.15, 0.2) is 12.1 Å². The van der Waals surface area contributed by atoms with Crippen molar-refractivity contribution in [1.82, 2.24) is 5.32 Å². The van der Waals surface area contributed by atoms with Gasteiger partial charge in [0.2, 0.25) is 0 Å². The molecule has 2 unspecified atom stereocenters. The van der Waals surface area contributed by atoms with Gasteiger partial charge in [0.05, 0.1) is 12.7 Å². The van der Waals surface area contributed by atoms with Crippen molar-refractivity contribution < 1.29 is 18.6 Å². The van der Waals surface area contributed by atoms with Gasteiger partial charge in [-0.25, -0.2) is 8.78 Å². The second-order valence-corrected chi connectivity index (χ2v) is 5.90. The zero-order valence-corrected chi connectivity index (χ0v) is 11.5. The summed E-state index contributed by atoms with van der Waals surface area (Å²) in [5.41, 5.74) is -0.793. The Morgan fingerprint density at radius 3 is 2.40 bits per heavy atom. The maximum Gasteiger partial charge on any atom is 0.162 e. The lowest BCUT2D eigenvalue weighted by atomic mass is 9.73. The molecular weight excluding hydrogens is 264 g/mol. The number of hydrogen-bond donors (Lipinski definition) is 2. The lowest BCUT2D eigenvalue weighted by Gasteiger charge is -2.45. The first-order chi connectivity index (χ1) is 9.51. The number of methoxy groups -OCH3 is 1. The van der Waals surface area contributed by atoms with E-state index in [0.717, 1.165) is 31.4 Å². The summed E-state index contributed by atoms with van der Waals surface area (Å²) in [5, 5.41) is 14.4. The Balaban J connectivity index is 2.00. The molecule has 0 radical (unpaired) electrons. The Labute approximate surface area is 116 Å². The number of rotatable bonds is 2. The highest BCUT2D eigenvalue weighted by molar-refractivity contribution is 5.40. The molecule has 2 bridgehead atoms. The van der Waals surface area contributed by atoms with Crippen LogP contribution in [0.4, 0.5) is 8.78 Å². The standard InChI is InChI=1S/C15H19F2NO2/c1-20-14-6-13(17)12(16)5-11(14)15(19)7-9-3-2-4-10(8-15)18-9/h5-6,9-10,18-19H,2-4,7-8H2,1H3. The lowest BCUT2D eigenvalue weighted by molar-refractivity contribution is -0.0376. The Hall–Kier alpha value is -1.20. The number of aliphatic hydroxyl groups is 1. The molecule has 3 nitrogen and oxygen atoms in total. The highest BCUT2D eigenvalue weighted by Crippen LogP contribution is 2.43. The van der Waals surface area contributed by atoms with Crippen molar-refractivity contribution in [2.24, 2.45) is 0 Å². The number of benzene rings is 1. The number of halogens is 2. The molecule has 2 N–H and O–H groups in total. The second-order valence-electron chi connectivity index (χ2n) is 5.90. The Morgan fingerprint density at radius 1 is 1.20 bits per heavy atom. The molecule has 2 saturated heterocycles. The maximum atomic E-state index is 13.6. The molecular formula is C15H19F2NO2. The summed E-state index contributed by atoms with van der Waals surface area (Å²) in [4.78, 5) is 0. The average Bonchev–Trinajstić information content (AvgIpc) is 2.40. The molecule has 2 aliphatic heterocycles. The van der Waals surface area contributed by atoms with Gasteiger partial charge in [0.15, 0.2) is 11.6 Å². The molecule has 20 heavy (non-hydrogen) atoms. The zero-order valence-electron chi connectivity index (χ0n) is 11.5. The molecule has 3 rings (SSSR count). The van der Waals surface area contributed by atoms with Crippen molar-refractivity contribution in [2.75, 3.05) is 7.11 Å². The third-order valence-corrected chi connectivity index (χ3v) is 4.49. The highest BCUT2D eigenvalue weighted by Gasteiger charge is 2.43. The van der Waals surface area contributed by atoms with Crippen LogP contribution in [0.5, 0.6) is 5.75 Å². The maximum absolute atomic E-state index is 13.6. The number of ether oxygens (including phenoxy) is 1. The number of hydrogen-bond acceptors (Lipinski definition) is 3. The normalized spacial score (nSPS) is 33.0. The first-order valence-electron chi connectivity index (χ1n) is 7.04. The van der Waals surface area contributed by atoms with E-state index in [9.17, 15) is 13.9 Å². The average molecular weight is 283 g/mol. The van der Waals surface area contributed by atoms with Crippen molar-refractivity contribution >= 4 is 0 Å². The topological polar surface area (TPSA) is 41.5 Å². The summed E-state index contributed by atoms with van der Waals surface area (Å²) in [6.07, 6.45) is 4.17. The van der Waals surface area contributed by atoms with Gasteiger partial charge in [-0.15, -0.1) is 0 Å². The third-order valence-electron chi connectivity index (χ3n) is 4.49. The van der Waals surface area contributed by atoms with E-state index in [1.54, 1.807) is 0 Å². The van der Waals surface area contributed by atoms with Gasteiger partial charge in [-0.05, 0) is 31.7 Å². The van der Waals surface area contributed by atoms with Crippen LogP contribution in [0.3, 0.4) is 0 Å². The van der Waals surface area contributed by atoms with Crippen LogP contribution in [-0.4, -0.2) is 24.3 Å². The SMILES string of the molecule is COc1cc(F)c(F)cc1C1(O)CC2CCCC(C1)N2. The first-order valence-corrected chi connectivity index (χ1v) is 7.04. The van der Waals surface area contributed by atoms with Gasteiger partial charge in [0.1, 0.15) is 5.75 Å². The molecule has 0 spiro atoms. The minimum Gasteiger partial charge on any atom is -0.496 e. The molecule has 2 aliphatic rings. The van der Waals surface area contributed by atoms with E-state index in [2.05, 4.69) is 5.32 Å². The number of nitrogens with one attached hydrogen (secondary N) is 1. The van der Waals surface area contributed by atoms with E-state index in [1.807, 2.05) is 0 Å². The fourth-order valence-electron chi connectivity index (χ4n) is 3.61. The van der Waals surface area contributed by atoms with Gasteiger partial charge < -0.3 is 15.2 Å². The molecule has 1 aromatic carbocycles. The van der Waals surface area contributed by atoms with Crippen LogP contribution in [-0.2, 0) is 5.60 Å². The van der Waals surface area contributed by atoms with Crippen molar-refractivity contribution in [3.05, 3.63) is 29.3 Å². The molecule has 2 atom stereocenters. The first kappa shape index (κ1) is 13.8. The molecule has 0 aromatic heterocycles. The zero-order chi connectivity index (χ0) is 14.3. The summed E-state index contributed by atoms with van der Waals surface area (Å²) >= 11 is 0. The largest absolute Gasteiger partial charge is 0.496 e. The van der Waals surface area contributed by atoms with Crippen LogP contribution >= 0.6 is 0 Å². The van der Waals surface area contributed by atoms with Gasteiger partial charge in [-0.2, -0.15) is 0 Å². The fraction of sp³-hybridized carbons (Fsp3) is 0.600. The summed E-state index contributed by atoms with van der Waals surface area (Å²) in [6.45, 7) is 0. The van der Waals surface area contributed by atoms with Crippen molar-refractivity contribution in [3.63, 3.8) is 0 Å². The van der Waals surface area contributed by atoms with Crippen LogP contribution < -0.4 is 10.1 Å². The van der Waals surface area contributed by atoms with Gasteiger partial charge in [0, 0.05) is 23.7 Å². The van der Waals surface area contributed by atoms with E-state index in [1.165, 1.54) is 7.11 Å². The minimum absolute atomic E-state index is 0.214. The van der Waals surface area contributed by atoms with Gasteiger partial charge in [0.25, 0.3) is 0 Å². The minimum atomic E-state index is -1.15. The lowest BCUT2D eigenvalue weighted by Crippen LogP contribution is -2.54. The quantitative estimate of drug-likeness (QED) is 0.876. The molecule has 0 aliphatic carbocycles. The van der Waals surface area contributed by atoms with E-state index >= 15 is 0 Å². The number of fused-ring (bicyclic) bond motifs is 2. The molecule has 2 heterocycles. The van der Waals surface area contributed by atoms with Crippen molar-refractivity contribution in [3.8, 4) is 5.75 Å². The predicted octanol–water partition coefficient (Wildman–Crippen LogP) is 2.47. The van der Waals surface area contributed by atoms with E-state index in [0.29, 0.717) is 18.4 Å². The summed E-state index contributed by atoms with van der Waals surface area (Å²) in [5.74, 6) is -1.69. The summed E-state index contributed by atoms with van der Waals surface area (Å²) in [6, 6.07) is 2.55. The van der Waals surface area contributed by atoms with Crippen molar-refractivity contribution in [2.45, 2.75) is 49.8 Å². The molecule has 1 aromatic rings. The monoisotopic (exact) mass is 283 g/mol. The van der Waals surface area contributed by atoms with E-state index in [-0.39, 0.29) is 17.8 Å². The Bertz CT molecular complexity index is 509. The van der Waals surface area contributed by atoms with Gasteiger partial charge in [-0.1, -0.05) is 6.42 Å². The molecule has 0 amide bonds. The summed E-state index contributed by atoms with van der Waals surface area (Å²) < 4.78 is 32.0. The Kier molecular flexibility index (Phi) is 3.42. The fourth-order valence-corrected chi connectivity index (χ4v) is 3.61. The van der Waals surface area contributed by atoms with Crippen LogP contribution in [0.1, 0.15) is 37.7 Å². The molecule has 0 saturated carbocycles. The van der Waals surface area contributed by atoms with Crippen molar-refractivity contribution in [1.29, 1.82) is 0 Å². The smallest absolute Gasteiger partial charge is 0.162 e. The van der Waals surface area contributed by atoms with E-state index in [4.69, 9.17) is 4.74 Å². The van der Waals surface area contributed by atoms with Crippen LogP contribution in [0.2, 0.25) is 0 Å². The summed E-state index contributed by atoms with van der Waals surface area (Å²) in [7, 11) is 1.40. The molecule has 5 heteroatoms. The molecule has 2 fully saturated rings. The molecule has 110 valence electrons.